The largest absolute Gasteiger partial charge is 0.488 e. The zero-order chi connectivity index (χ0) is 24.9. The quantitative estimate of drug-likeness (QED) is 0.319. The van der Waals surface area contributed by atoms with Gasteiger partial charge in [0.25, 0.3) is 0 Å². The highest BCUT2D eigenvalue weighted by molar-refractivity contribution is 6.00. The van der Waals surface area contributed by atoms with Crippen molar-refractivity contribution in [1.82, 2.24) is 14.9 Å². The van der Waals surface area contributed by atoms with E-state index in [1.165, 1.54) is 6.08 Å². The molecule has 1 aliphatic heterocycles. The molecule has 4 aromatic rings. The average molecular weight is 484 g/mol. The van der Waals surface area contributed by atoms with Crippen molar-refractivity contribution in [2.75, 3.05) is 36.9 Å². The summed E-state index contributed by atoms with van der Waals surface area (Å²) in [4.78, 5) is 23.0. The van der Waals surface area contributed by atoms with Crippen molar-refractivity contribution >= 4 is 34.1 Å². The van der Waals surface area contributed by atoms with Gasteiger partial charge < -0.3 is 15.4 Å². The van der Waals surface area contributed by atoms with Gasteiger partial charge in [0.2, 0.25) is 11.9 Å². The third-order valence-corrected chi connectivity index (χ3v) is 5.97. The molecule has 0 radical (unpaired) electrons. The van der Waals surface area contributed by atoms with Crippen molar-refractivity contribution in [3.63, 3.8) is 0 Å². The highest BCUT2D eigenvalue weighted by Gasteiger charge is 2.27. The number of nitrogens with one attached hydrogen (secondary N) is 2. The predicted molar refractivity (Wildman–Crippen MR) is 140 cm³/mol. The number of halogens is 1. The number of hydrogen-bond acceptors (Lipinski definition) is 6. The van der Waals surface area contributed by atoms with E-state index in [0.29, 0.717) is 18.2 Å². The van der Waals surface area contributed by atoms with Gasteiger partial charge >= 0.3 is 0 Å². The van der Waals surface area contributed by atoms with Crippen LogP contribution in [0.3, 0.4) is 0 Å². The molecule has 1 aliphatic rings. The van der Waals surface area contributed by atoms with Crippen LogP contribution in [0.4, 0.5) is 21.7 Å². The lowest BCUT2D eigenvalue weighted by atomic mass is 10.0. The van der Waals surface area contributed by atoms with Crippen LogP contribution in [0, 0.1) is 0 Å². The van der Waals surface area contributed by atoms with Crippen molar-refractivity contribution in [3.05, 3.63) is 85.6 Å². The Kier molecular flexibility index (Phi) is 6.86. The van der Waals surface area contributed by atoms with E-state index in [2.05, 4.69) is 22.2 Å². The van der Waals surface area contributed by atoms with E-state index in [-0.39, 0.29) is 18.7 Å². The Bertz CT molecular complexity index is 1390. The Morgan fingerprint density at radius 1 is 1.11 bits per heavy atom. The maximum Gasteiger partial charge on any atom is 0.247 e. The summed E-state index contributed by atoms with van der Waals surface area (Å²) < 4.78 is 18.3. The Balaban J connectivity index is 1.32. The first kappa shape index (κ1) is 23.4. The van der Waals surface area contributed by atoms with Crippen LogP contribution in [-0.2, 0) is 4.79 Å². The molecule has 1 fully saturated rings. The van der Waals surface area contributed by atoms with Crippen LogP contribution < -0.4 is 15.4 Å². The molecule has 1 amide bonds. The molecule has 7 nitrogen and oxygen atoms in total. The standard InChI is InChI=1S/C28H26FN5O2/c1-2-26(35)31-22-7-3-5-19(15-22)25-8-4-6-20-16-30-28(33-27(20)25)32-21-9-11-23(12-10-21)36-24-17-34(18-24)14-13-29/h2-12,15-16,24H,1,13-14,17-18H2,(H,31,35)(H,30,32,33). The van der Waals surface area contributed by atoms with Crippen molar-refractivity contribution in [2.45, 2.75) is 6.10 Å². The van der Waals surface area contributed by atoms with E-state index < -0.39 is 0 Å². The molecule has 0 bridgehead atoms. The number of carbonyl (C=O) groups excluding carboxylic acids is 1. The number of amides is 1. The number of hydrogen-bond donors (Lipinski definition) is 2. The van der Waals surface area contributed by atoms with Crippen LogP contribution in [0.15, 0.2) is 85.6 Å². The van der Waals surface area contributed by atoms with Gasteiger partial charge in [0.05, 0.1) is 5.52 Å². The summed E-state index contributed by atoms with van der Waals surface area (Å²) in [5, 5.41) is 6.96. The number of likely N-dealkylation sites (tertiary alicyclic amines) is 1. The molecule has 36 heavy (non-hydrogen) atoms. The molecular formula is C28H26FN5O2. The lowest BCUT2D eigenvalue weighted by molar-refractivity contribution is -0.111. The minimum Gasteiger partial charge on any atom is -0.488 e. The number of nitrogens with zero attached hydrogens (tertiary/aromatic N) is 3. The fraction of sp³-hybridized carbons (Fsp3) is 0.179. The van der Waals surface area contributed by atoms with E-state index in [1.54, 1.807) is 6.20 Å². The number of carbonyl (C=O) groups is 1. The van der Waals surface area contributed by atoms with Crippen LogP contribution in [0.2, 0.25) is 0 Å². The molecule has 1 saturated heterocycles. The molecule has 2 heterocycles. The third-order valence-electron chi connectivity index (χ3n) is 5.97. The first-order valence-corrected chi connectivity index (χ1v) is 11.7. The topological polar surface area (TPSA) is 79.4 Å². The van der Waals surface area contributed by atoms with Crippen molar-refractivity contribution < 1.29 is 13.9 Å². The Morgan fingerprint density at radius 2 is 1.92 bits per heavy atom. The van der Waals surface area contributed by atoms with Gasteiger partial charge in [-0.15, -0.1) is 0 Å². The number of benzene rings is 3. The summed E-state index contributed by atoms with van der Waals surface area (Å²) in [6.07, 6.45) is 3.13. The van der Waals surface area contributed by atoms with Gasteiger partial charge in [-0.25, -0.2) is 14.4 Å². The van der Waals surface area contributed by atoms with Crippen molar-refractivity contribution in [1.29, 1.82) is 0 Å². The minimum atomic E-state index is -0.328. The summed E-state index contributed by atoms with van der Waals surface area (Å²) >= 11 is 0. The van der Waals surface area contributed by atoms with E-state index in [1.807, 2.05) is 71.6 Å². The van der Waals surface area contributed by atoms with Gasteiger partial charge in [-0.1, -0.05) is 36.9 Å². The van der Waals surface area contributed by atoms with Gasteiger partial charge in [0.1, 0.15) is 18.5 Å². The molecule has 5 rings (SSSR count). The molecule has 0 unspecified atom stereocenters. The second kappa shape index (κ2) is 10.5. The van der Waals surface area contributed by atoms with E-state index in [0.717, 1.165) is 46.6 Å². The molecule has 0 atom stereocenters. The fourth-order valence-electron chi connectivity index (χ4n) is 4.14. The van der Waals surface area contributed by atoms with Gasteiger partial charge in [-0.3, -0.25) is 9.69 Å². The molecule has 0 saturated carbocycles. The normalized spacial score (nSPS) is 13.7. The first-order valence-electron chi connectivity index (χ1n) is 11.7. The van der Waals surface area contributed by atoms with Crippen LogP contribution >= 0.6 is 0 Å². The molecular weight excluding hydrogens is 457 g/mol. The Morgan fingerprint density at radius 3 is 2.69 bits per heavy atom. The highest BCUT2D eigenvalue weighted by Crippen LogP contribution is 2.30. The van der Waals surface area contributed by atoms with Crippen molar-refractivity contribution in [2.24, 2.45) is 0 Å². The van der Waals surface area contributed by atoms with Gasteiger partial charge in [0.15, 0.2) is 0 Å². The number of rotatable bonds is 9. The summed E-state index contributed by atoms with van der Waals surface area (Å²) in [5.74, 6) is 0.984. The maximum absolute atomic E-state index is 12.4. The van der Waals surface area contributed by atoms with Crippen LogP contribution in [0.5, 0.6) is 5.75 Å². The molecule has 1 aromatic heterocycles. The van der Waals surface area contributed by atoms with E-state index >= 15 is 0 Å². The molecule has 182 valence electrons. The minimum absolute atomic E-state index is 0.0983. The molecule has 0 aliphatic carbocycles. The first-order chi connectivity index (χ1) is 17.6. The molecule has 3 aromatic carbocycles. The molecule has 8 heteroatoms. The average Bonchev–Trinajstić information content (AvgIpc) is 2.88. The van der Waals surface area contributed by atoms with Gasteiger partial charge in [-0.05, 0) is 48.0 Å². The van der Waals surface area contributed by atoms with Crippen LogP contribution in [0.1, 0.15) is 0 Å². The monoisotopic (exact) mass is 483 g/mol. The number of ether oxygens (including phenoxy) is 1. The highest BCUT2D eigenvalue weighted by atomic mass is 19.1. The number of anilines is 3. The fourth-order valence-corrected chi connectivity index (χ4v) is 4.14. The summed E-state index contributed by atoms with van der Waals surface area (Å²) in [5.41, 5.74) is 4.17. The summed E-state index contributed by atoms with van der Waals surface area (Å²) in [6.45, 7) is 5.14. The summed E-state index contributed by atoms with van der Waals surface area (Å²) in [6, 6.07) is 21.1. The maximum atomic E-state index is 12.4. The van der Waals surface area contributed by atoms with Gasteiger partial charge in [-0.2, -0.15) is 0 Å². The smallest absolute Gasteiger partial charge is 0.247 e. The predicted octanol–water partition coefficient (Wildman–Crippen LogP) is 5.20. The molecule has 0 spiro atoms. The lowest BCUT2D eigenvalue weighted by Crippen LogP contribution is -2.54. The van der Waals surface area contributed by atoms with Crippen LogP contribution in [0.25, 0.3) is 22.0 Å². The number of alkyl halides is 1. The number of para-hydroxylation sites is 1. The second-order valence-corrected chi connectivity index (χ2v) is 8.55. The SMILES string of the molecule is C=CC(=O)Nc1cccc(-c2cccc3cnc(Nc4ccc(OC5CN(CCF)C5)cc4)nc23)c1. The Labute approximate surface area is 208 Å². The van der Waals surface area contributed by atoms with Gasteiger partial charge in [0, 0.05) is 48.2 Å². The lowest BCUT2D eigenvalue weighted by Gasteiger charge is -2.38. The van der Waals surface area contributed by atoms with E-state index in [9.17, 15) is 9.18 Å². The summed E-state index contributed by atoms with van der Waals surface area (Å²) in [7, 11) is 0. The second-order valence-electron chi connectivity index (χ2n) is 8.55. The third kappa shape index (κ3) is 5.34. The number of fused-ring (bicyclic) bond motifs is 1. The zero-order valence-electron chi connectivity index (χ0n) is 19.7. The van der Waals surface area contributed by atoms with Crippen LogP contribution in [-0.4, -0.2) is 53.2 Å². The van der Waals surface area contributed by atoms with E-state index in [4.69, 9.17) is 9.72 Å². The molecule has 2 N–H and O–H groups in total. The van der Waals surface area contributed by atoms with Crippen molar-refractivity contribution in [3.8, 4) is 16.9 Å². The number of aromatic nitrogens is 2. The zero-order valence-corrected chi connectivity index (χ0v) is 19.7. The Hall–Kier alpha value is -4.30.